The molecule has 1 saturated carbocycles. The van der Waals surface area contributed by atoms with Gasteiger partial charge in [0.25, 0.3) is 5.70 Å². The maximum Gasteiger partial charge on any atom is 0.337 e. The maximum absolute atomic E-state index is 14.4. The first-order valence-electron chi connectivity index (χ1n) is 10.3. The molecule has 31 heavy (non-hydrogen) atoms. The van der Waals surface area contributed by atoms with Crippen LogP contribution in [0.25, 0.3) is 0 Å². The van der Waals surface area contributed by atoms with Crippen LogP contribution < -0.4 is 10.1 Å². The van der Waals surface area contributed by atoms with Gasteiger partial charge < -0.3 is 14.8 Å². The maximum atomic E-state index is 14.4. The summed E-state index contributed by atoms with van der Waals surface area (Å²) in [6.07, 6.45) is 5.24. The molecule has 168 valence electrons. The minimum absolute atomic E-state index is 0.0158. The van der Waals surface area contributed by atoms with Crippen molar-refractivity contribution in [1.82, 2.24) is 5.32 Å². The van der Waals surface area contributed by atoms with Crippen LogP contribution in [0.2, 0.25) is 0 Å². The molecule has 1 heterocycles. The molecule has 1 aromatic rings. The van der Waals surface area contributed by atoms with Crippen molar-refractivity contribution >= 4 is 5.97 Å². The Labute approximate surface area is 179 Å². The van der Waals surface area contributed by atoms with Crippen LogP contribution in [-0.4, -0.2) is 24.6 Å². The molecule has 1 aliphatic heterocycles. The highest BCUT2D eigenvalue weighted by Gasteiger charge is 2.43. The van der Waals surface area contributed by atoms with E-state index in [0.717, 1.165) is 45.3 Å². The van der Waals surface area contributed by atoms with E-state index >= 15 is 0 Å². The van der Waals surface area contributed by atoms with Crippen molar-refractivity contribution in [2.45, 2.75) is 51.9 Å². The molecular weight excluding hydrogens is 410 g/mol. The summed E-state index contributed by atoms with van der Waals surface area (Å²) in [6, 6.07) is 2.06. The molecule has 1 aromatic carbocycles. The van der Waals surface area contributed by atoms with E-state index in [1.54, 1.807) is 6.92 Å². The number of ether oxygens (including phenoxy) is 2. The second kappa shape index (κ2) is 9.45. The molecule has 0 spiro atoms. The van der Waals surface area contributed by atoms with Gasteiger partial charge in [0.2, 0.25) is 5.82 Å². The molecule has 2 aliphatic rings. The van der Waals surface area contributed by atoms with Crippen LogP contribution in [0.4, 0.5) is 8.78 Å². The summed E-state index contributed by atoms with van der Waals surface area (Å²) >= 11 is 0. The third-order valence-corrected chi connectivity index (χ3v) is 5.91. The topological polar surface area (TPSA) is 90.7 Å². The number of nitrogens with zero attached hydrogens (tertiary/aromatic N) is 1. The number of dihydropyridines is 1. The van der Waals surface area contributed by atoms with Gasteiger partial charge in [-0.25, -0.2) is 9.18 Å². The van der Waals surface area contributed by atoms with E-state index in [9.17, 15) is 23.7 Å². The summed E-state index contributed by atoms with van der Waals surface area (Å²) in [4.78, 5) is 24.4. The SMILES string of the molecule is COc1c(C2C(C(=O)OCC3CCCCC3)=C(C)NC(C)=C2[N+](=O)[O-])ccc(F)c1F. The highest BCUT2D eigenvalue weighted by atomic mass is 19.2. The number of esters is 1. The smallest absolute Gasteiger partial charge is 0.337 e. The number of allylic oxidation sites excluding steroid dienone is 3. The van der Waals surface area contributed by atoms with Gasteiger partial charge in [-0.15, -0.1) is 0 Å². The van der Waals surface area contributed by atoms with Gasteiger partial charge in [-0.05, 0) is 38.7 Å². The van der Waals surface area contributed by atoms with E-state index in [2.05, 4.69) is 5.32 Å². The zero-order valence-electron chi connectivity index (χ0n) is 17.8. The van der Waals surface area contributed by atoms with Crippen molar-refractivity contribution < 1.29 is 28.0 Å². The summed E-state index contributed by atoms with van der Waals surface area (Å²) < 4.78 is 38.8. The Hall–Kier alpha value is -2.97. The average molecular weight is 436 g/mol. The number of rotatable bonds is 6. The summed E-state index contributed by atoms with van der Waals surface area (Å²) in [6.45, 7) is 3.30. The predicted octanol–water partition coefficient (Wildman–Crippen LogP) is 4.57. The van der Waals surface area contributed by atoms with Crippen molar-refractivity contribution in [3.05, 3.63) is 62.1 Å². The monoisotopic (exact) mass is 436 g/mol. The number of carbonyl (C=O) groups excluding carboxylic acids is 1. The fourth-order valence-electron chi connectivity index (χ4n) is 4.41. The highest BCUT2D eigenvalue weighted by Crippen LogP contribution is 2.43. The Balaban J connectivity index is 2.04. The number of nitrogens with one attached hydrogen (secondary N) is 1. The lowest BCUT2D eigenvalue weighted by Gasteiger charge is -2.28. The zero-order chi connectivity index (χ0) is 22.7. The Morgan fingerprint density at radius 2 is 1.87 bits per heavy atom. The van der Waals surface area contributed by atoms with E-state index in [-0.39, 0.29) is 35.1 Å². The first kappa shape index (κ1) is 22.7. The van der Waals surface area contributed by atoms with Gasteiger partial charge >= 0.3 is 5.97 Å². The van der Waals surface area contributed by atoms with E-state index < -0.39 is 34.2 Å². The highest BCUT2D eigenvalue weighted by molar-refractivity contribution is 5.92. The normalized spacial score (nSPS) is 19.8. The van der Waals surface area contributed by atoms with Gasteiger partial charge in [0.15, 0.2) is 11.6 Å². The first-order valence-corrected chi connectivity index (χ1v) is 10.3. The molecule has 3 rings (SSSR count). The van der Waals surface area contributed by atoms with E-state index in [1.165, 1.54) is 13.0 Å². The predicted molar refractivity (Wildman–Crippen MR) is 109 cm³/mol. The van der Waals surface area contributed by atoms with Crippen molar-refractivity contribution in [3.63, 3.8) is 0 Å². The van der Waals surface area contributed by atoms with Gasteiger partial charge in [-0.3, -0.25) is 10.1 Å². The van der Waals surface area contributed by atoms with Crippen LogP contribution in [-0.2, 0) is 9.53 Å². The number of hydrogen-bond donors (Lipinski definition) is 1. The van der Waals surface area contributed by atoms with Crippen LogP contribution in [0.15, 0.2) is 34.8 Å². The van der Waals surface area contributed by atoms with Crippen LogP contribution in [0, 0.1) is 27.7 Å². The fraction of sp³-hybridized carbons (Fsp3) is 0.500. The second-order valence-electron chi connectivity index (χ2n) is 7.95. The standard InChI is InChI=1S/C22H26F2N2O5/c1-12-17(22(27)31-11-14-7-5-4-6-8-14)18(20(26(28)29)13(2)25-12)15-9-10-16(23)19(24)21(15)30-3/h9-10,14,18,25H,4-8,11H2,1-3H3. The molecule has 0 aromatic heterocycles. The molecule has 9 heteroatoms. The van der Waals surface area contributed by atoms with Crippen molar-refractivity contribution in [3.8, 4) is 5.75 Å². The van der Waals surface area contributed by atoms with E-state index in [4.69, 9.17) is 9.47 Å². The van der Waals surface area contributed by atoms with Crippen molar-refractivity contribution in [2.24, 2.45) is 5.92 Å². The van der Waals surface area contributed by atoms with Crippen molar-refractivity contribution in [2.75, 3.05) is 13.7 Å². The summed E-state index contributed by atoms with van der Waals surface area (Å²) in [5, 5.41) is 14.8. The molecule has 0 amide bonds. The van der Waals surface area contributed by atoms with Crippen LogP contribution >= 0.6 is 0 Å². The lowest BCUT2D eigenvalue weighted by molar-refractivity contribution is -0.431. The minimum atomic E-state index is -1.28. The van der Waals surface area contributed by atoms with Crippen molar-refractivity contribution in [1.29, 1.82) is 0 Å². The van der Waals surface area contributed by atoms with Crippen LogP contribution in [0.5, 0.6) is 5.75 Å². The van der Waals surface area contributed by atoms with Gasteiger partial charge in [0, 0.05) is 11.3 Å². The average Bonchev–Trinajstić information content (AvgIpc) is 2.73. The van der Waals surface area contributed by atoms with E-state index in [0.29, 0.717) is 5.70 Å². The lowest BCUT2D eigenvalue weighted by atomic mass is 9.83. The molecular formula is C22H26F2N2O5. The number of benzene rings is 1. The third-order valence-electron chi connectivity index (χ3n) is 5.91. The van der Waals surface area contributed by atoms with Gasteiger partial charge in [-0.2, -0.15) is 4.39 Å². The molecule has 1 N–H and O–H groups in total. The first-order chi connectivity index (χ1) is 14.8. The van der Waals surface area contributed by atoms with Gasteiger partial charge in [0.1, 0.15) is 5.92 Å². The van der Waals surface area contributed by atoms with E-state index in [1.807, 2.05) is 0 Å². The number of halogens is 2. The number of hydrogen-bond acceptors (Lipinski definition) is 6. The lowest BCUT2D eigenvalue weighted by Crippen LogP contribution is -2.32. The fourth-order valence-corrected chi connectivity index (χ4v) is 4.41. The van der Waals surface area contributed by atoms with Crippen LogP contribution in [0.1, 0.15) is 57.4 Å². The summed E-state index contributed by atoms with van der Waals surface area (Å²) in [5.41, 5.74) is 0.173. The number of methoxy groups -OCH3 is 1. The Morgan fingerprint density at radius 3 is 2.48 bits per heavy atom. The molecule has 0 saturated heterocycles. The molecule has 1 atom stereocenters. The largest absolute Gasteiger partial charge is 0.493 e. The second-order valence-corrected chi connectivity index (χ2v) is 7.95. The summed E-state index contributed by atoms with van der Waals surface area (Å²) in [7, 11) is 1.14. The summed E-state index contributed by atoms with van der Waals surface area (Å²) in [5.74, 6) is -4.66. The quantitative estimate of drug-likeness (QED) is 0.399. The minimum Gasteiger partial charge on any atom is -0.493 e. The number of carbonyl (C=O) groups is 1. The third kappa shape index (κ3) is 4.55. The molecule has 0 radical (unpaired) electrons. The molecule has 1 unspecified atom stereocenters. The van der Waals surface area contributed by atoms with Crippen LogP contribution in [0.3, 0.4) is 0 Å². The Morgan fingerprint density at radius 1 is 1.19 bits per heavy atom. The Kier molecular flexibility index (Phi) is 6.92. The molecule has 1 aliphatic carbocycles. The zero-order valence-corrected chi connectivity index (χ0v) is 17.8. The molecule has 7 nitrogen and oxygen atoms in total. The molecule has 1 fully saturated rings. The number of nitro groups is 1. The van der Waals surface area contributed by atoms with Gasteiger partial charge in [-0.1, -0.05) is 25.3 Å². The Bertz CT molecular complexity index is 951. The molecule has 0 bridgehead atoms. The van der Waals surface area contributed by atoms with Gasteiger partial charge in [0.05, 0.1) is 29.9 Å².